The molecule has 2 rings (SSSR count). The largest absolute Gasteiger partial charge is 0.388 e. The molecule has 1 aliphatic heterocycles. The van der Waals surface area contributed by atoms with Gasteiger partial charge >= 0.3 is 0 Å². The van der Waals surface area contributed by atoms with E-state index in [9.17, 15) is 9.90 Å². The van der Waals surface area contributed by atoms with Gasteiger partial charge in [0.2, 0.25) is 5.91 Å². The van der Waals surface area contributed by atoms with E-state index < -0.39 is 12.1 Å². The van der Waals surface area contributed by atoms with E-state index in [2.05, 4.69) is 0 Å². The number of carbonyl (C=O) groups is 1. The first kappa shape index (κ1) is 17.9. The minimum Gasteiger partial charge on any atom is -0.388 e. The smallest absolute Gasteiger partial charge is 0.239 e. The Hall–Kier alpha value is -1.14. The monoisotopic (exact) mass is 314 g/mol. The van der Waals surface area contributed by atoms with Gasteiger partial charge in [-0.25, -0.2) is 0 Å². The van der Waals surface area contributed by atoms with Crippen LogP contribution in [-0.2, 0) is 9.53 Å². The average molecular weight is 315 g/mol. The molecular formula is C15H23ClN2O3. The Labute approximate surface area is 131 Å². The van der Waals surface area contributed by atoms with Crippen molar-refractivity contribution in [1.29, 1.82) is 0 Å². The summed E-state index contributed by atoms with van der Waals surface area (Å²) in [6, 6.07) is 8.80. The van der Waals surface area contributed by atoms with E-state index >= 15 is 0 Å². The quantitative estimate of drug-likeness (QED) is 0.873. The number of aliphatic hydroxyl groups excluding tert-OH is 1. The average Bonchev–Trinajstić information content (AvgIpc) is 2.48. The Balaban J connectivity index is 0.00000220. The lowest BCUT2D eigenvalue weighted by Gasteiger charge is -2.37. The number of halogens is 1. The van der Waals surface area contributed by atoms with Crippen LogP contribution in [0.5, 0.6) is 0 Å². The summed E-state index contributed by atoms with van der Waals surface area (Å²) in [5.41, 5.74) is 6.53. The molecule has 0 aromatic heterocycles. The summed E-state index contributed by atoms with van der Waals surface area (Å²) in [4.78, 5) is 13.8. The molecule has 0 aliphatic carbocycles. The third-order valence-electron chi connectivity index (χ3n) is 3.58. The minimum atomic E-state index is -0.605. The first-order chi connectivity index (χ1) is 9.59. The van der Waals surface area contributed by atoms with E-state index in [0.29, 0.717) is 26.2 Å². The fourth-order valence-electron chi connectivity index (χ4n) is 2.47. The van der Waals surface area contributed by atoms with E-state index in [1.807, 2.05) is 30.3 Å². The molecule has 6 heteroatoms. The van der Waals surface area contributed by atoms with Crippen LogP contribution in [0.25, 0.3) is 0 Å². The zero-order valence-corrected chi connectivity index (χ0v) is 13.0. The summed E-state index contributed by atoms with van der Waals surface area (Å²) < 4.78 is 5.43. The number of hydrogen-bond donors (Lipinski definition) is 2. The van der Waals surface area contributed by atoms with Gasteiger partial charge in [0.1, 0.15) is 0 Å². The summed E-state index contributed by atoms with van der Waals surface area (Å²) in [6.45, 7) is 3.19. The molecule has 118 valence electrons. The molecule has 0 spiro atoms. The second-order valence-corrected chi connectivity index (χ2v) is 5.21. The van der Waals surface area contributed by atoms with Gasteiger partial charge in [-0.15, -0.1) is 12.4 Å². The highest BCUT2D eigenvalue weighted by Crippen LogP contribution is 2.22. The van der Waals surface area contributed by atoms with Crippen LogP contribution < -0.4 is 5.73 Å². The summed E-state index contributed by atoms with van der Waals surface area (Å²) in [6.07, 6.45) is -0.145. The van der Waals surface area contributed by atoms with Crippen molar-refractivity contribution < 1.29 is 14.6 Å². The SMILES string of the molecule is CC(N)C(=O)N1CCOCC1CC(O)c1ccccc1.Cl. The third-order valence-corrected chi connectivity index (χ3v) is 3.58. The molecule has 1 aromatic rings. The highest BCUT2D eigenvalue weighted by atomic mass is 35.5. The molecular weight excluding hydrogens is 292 g/mol. The van der Waals surface area contributed by atoms with Gasteiger partial charge in [0.05, 0.1) is 31.4 Å². The fraction of sp³-hybridized carbons (Fsp3) is 0.533. The summed E-state index contributed by atoms with van der Waals surface area (Å²) in [7, 11) is 0. The molecule has 21 heavy (non-hydrogen) atoms. The highest BCUT2D eigenvalue weighted by Gasteiger charge is 2.30. The van der Waals surface area contributed by atoms with Crippen molar-refractivity contribution in [3.8, 4) is 0 Å². The van der Waals surface area contributed by atoms with Gasteiger partial charge in [-0.05, 0) is 12.5 Å². The molecule has 0 radical (unpaired) electrons. The number of rotatable bonds is 4. The third kappa shape index (κ3) is 4.68. The molecule has 1 aliphatic rings. The first-order valence-corrected chi connectivity index (χ1v) is 6.96. The number of nitrogens with zero attached hydrogens (tertiary/aromatic N) is 1. The van der Waals surface area contributed by atoms with Crippen LogP contribution >= 0.6 is 12.4 Å². The van der Waals surface area contributed by atoms with Crippen LogP contribution in [0.15, 0.2) is 30.3 Å². The summed E-state index contributed by atoms with van der Waals surface area (Å²) in [5, 5.41) is 10.3. The van der Waals surface area contributed by atoms with Crippen molar-refractivity contribution in [3.63, 3.8) is 0 Å². The van der Waals surface area contributed by atoms with Crippen molar-refractivity contribution in [3.05, 3.63) is 35.9 Å². The van der Waals surface area contributed by atoms with E-state index in [4.69, 9.17) is 10.5 Å². The lowest BCUT2D eigenvalue weighted by Crippen LogP contribution is -2.53. The van der Waals surface area contributed by atoms with Gasteiger partial charge in [-0.3, -0.25) is 4.79 Å². The maximum Gasteiger partial charge on any atom is 0.239 e. The lowest BCUT2D eigenvalue weighted by molar-refractivity contribution is -0.142. The Morgan fingerprint density at radius 2 is 2.14 bits per heavy atom. The molecule has 1 heterocycles. The Kier molecular flexibility index (Phi) is 7.11. The van der Waals surface area contributed by atoms with Gasteiger partial charge in [0.25, 0.3) is 0 Å². The molecule has 0 saturated carbocycles. The Morgan fingerprint density at radius 1 is 1.48 bits per heavy atom. The second kappa shape index (κ2) is 8.34. The molecule has 3 N–H and O–H groups in total. The van der Waals surface area contributed by atoms with Gasteiger partial charge in [0.15, 0.2) is 0 Å². The number of ether oxygens (including phenoxy) is 1. The van der Waals surface area contributed by atoms with Crippen molar-refractivity contribution in [2.45, 2.75) is 31.5 Å². The molecule has 1 saturated heterocycles. The first-order valence-electron chi connectivity index (χ1n) is 6.96. The Morgan fingerprint density at radius 3 is 2.76 bits per heavy atom. The number of amides is 1. The van der Waals surface area contributed by atoms with Crippen molar-refractivity contribution in [2.75, 3.05) is 19.8 Å². The highest BCUT2D eigenvalue weighted by molar-refractivity contribution is 5.85. The van der Waals surface area contributed by atoms with Gasteiger partial charge in [0, 0.05) is 13.0 Å². The molecule has 0 bridgehead atoms. The normalized spacial score (nSPS) is 21.3. The van der Waals surface area contributed by atoms with Crippen molar-refractivity contribution in [2.24, 2.45) is 5.73 Å². The Bertz CT molecular complexity index is 442. The van der Waals surface area contributed by atoms with E-state index in [1.54, 1.807) is 11.8 Å². The molecule has 1 aromatic carbocycles. The van der Waals surface area contributed by atoms with E-state index in [-0.39, 0.29) is 24.4 Å². The predicted molar refractivity (Wildman–Crippen MR) is 83.2 cm³/mol. The standard InChI is InChI=1S/C15H22N2O3.ClH/c1-11(16)15(19)17-7-8-20-10-13(17)9-14(18)12-5-3-2-4-6-12;/h2-6,11,13-14,18H,7-10,16H2,1H3;1H. The number of benzene rings is 1. The second-order valence-electron chi connectivity index (χ2n) is 5.21. The minimum absolute atomic E-state index is 0. The van der Waals surface area contributed by atoms with Crippen molar-refractivity contribution >= 4 is 18.3 Å². The molecule has 1 fully saturated rings. The maximum absolute atomic E-state index is 12.1. The zero-order chi connectivity index (χ0) is 14.5. The maximum atomic E-state index is 12.1. The predicted octanol–water partition coefficient (Wildman–Crippen LogP) is 1.11. The lowest BCUT2D eigenvalue weighted by atomic mass is 10.0. The fourth-order valence-corrected chi connectivity index (χ4v) is 2.47. The molecule has 1 amide bonds. The number of carbonyl (C=O) groups excluding carboxylic acids is 1. The molecule has 5 nitrogen and oxygen atoms in total. The molecule has 3 atom stereocenters. The number of morpholine rings is 1. The van der Waals surface area contributed by atoms with Crippen molar-refractivity contribution in [1.82, 2.24) is 4.90 Å². The van der Waals surface area contributed by atoms with Crippen LogP contribution in [0.3, 0.4) is 0 Å². The summed E-state index contributed by atoms with van der Waals surface area (Å²) >= 11 is 0. The van der Waals surface area contributed by atoms with Gasteiger partial charge < -0.3 is 20.5 Å². The van der Waals surface area contributed by atoms with E-state index in [0.717, 1.165) is 5.56 Å². The van der Waals surface area contributed by atoms with Crippen LogP contribution in [0, 0.1) is 0 Å². The zero-order valence-electron chi connectivity index (χ0n) is 12.1. The topological polar surface area (TPSA) is 75.8 Å². The van der Waals surface area contributed by atoms with E-state index in [1.165, 1.54) is 0 Å². The molecule has 3 unspecified atom stereocenters. The van der Waals surface area contributed by atoms with Crippen LogP contribution in [0.4, 0.5) is 0 Å². The number of nitrogens with two attached hydrogens (primary N) is 1. The number of aliphatic hydroxyl groups is 1. The van der Waals surface area contributed by atoms with Gasteiger partial charge in [-0.1, -0.05) is 30.3 Å². The van der Waals surface area contributed by atoms with Crippen LogP contribution in [0.2, 0.25) is 0 Å². The van der Waals surface area contributed by atoms with Gasteiger partial charge in [-0.2, -0.15) is 0 Å². The van der Waals surface area contributed by atoms with Crippen LogP contribution in [0.1, 0.15) is 25.0 Å². The summed E-state index contributed by atoms with van der Waals surface area (Å²) in [5.74, 6) is -0.0847. The van der Waals surface area contributed by atoms with Crippen LogP contribution in [-0.4, -0.2) is 47.8 Å². The number of hydrogen-bond acceptors (Lipinski definition) is 4.